The number of nitrogens with one attached hydrogen (secondary N) is 2. The summed E-state index contributed by atoms with van der Waals surface area (Å²) in [4.78, 5) is 16.3. The highest BCUT2D eigenvalue weighted by Gasteiger charge is 2.46. The Labute approximate surface area is 102 Å². The van der Waals surface area contributed by atoms with E-state index in [1.807, 2.05) is 13.0 Å². The molecule has 0 aliphatic heterocycles. The minimum atomic E-state index is -0.0115. The summed E-state index contributed by atoms with van der Waals surface area (Å²) < 4.78 is 0. The van der Waals surface area contributed by atoms with Crippen LogP contribution in [0.1, 0.15) is 36.3 Å². The maximum absolute atomic E-state index is 12.0. The molecule has 0 radical (unpaired) electrons. The van der Waals surface area contributed by atoms with Crippen LogP contribution in [0, 0.1) is 12.3 Å². The normalized spacial score (nSPS) is 20.8. The van der Waals surface area contributed by atoms with Gasteiger partial charge in [0.2, 0.25) is 0 Å². The number of pyridine rings is 1. The molecule has 1 amide bonds. The highest BCUT2D eigenvalue weighted by molar-refractivity contribution is 5.95. The van der Waals surface area contributed by atoms with Crippen molar-refractivity contribution < 1.29 is 4.79 Å². The first-order valence-corrected chi connectivity index (χ1v) is 5.90. The third-order valence-electron chi connectivity index (χ3n) is 3.29. The zero-order valence-corrected chi connectivity index (χ0v) is 10.8. The number of hydrogen-bond donors (Lipinski definition) is 2. The van der Waals surface area contributed by atoms with E-state index in [9.17, 15) is 4.79 Å². The molecule has 1 atom stereocenters. The van der Waals surface area contributed by atoms with E-state index in [1.54, 1.807) is 13.1 Å². The van der Waals surface area contributed by atoms with Gasteiger partial charge in [0.15, 0.2) is 0 Å². The highest BCUT2D eigenvalue weighted by atomic mass is 16.1. The summed E-state index contributed by atoms with van der Waals surface area (Å²) in [5, 5.41) is 6.00. The fourth-order valence-corrected chi connectivity index (χ4v) is 1.88. The van der Waals surface area contributed by atoms with Crippen LogP contribution in [0.15, 0.2) is 12.1 Å². The van der Waals surface area contributed by atoms with E-state index >= 15 is 0 Å². The van der Waals surface area contributed by atoms with E-state index in [2.05, 4.69) is 29.5 Å². The lowest BCUT2D eigenvalue weighted by molar-refractivity contribution is 0.0946. The summed E-state index contributed by atoms with van der Waals surface area (Å²) in [6.45, 7) is 6.21. The van der Waals surface area contributed by atoms with Crippen LogP contribution >= 0.6 is 0 Å². The molecule has 1 fully saturated rings. The minimum Gasteiger partial charge on any atom is -0.373 e. The molecule has 1 unspecified atom stereocenters. The number of nitrogens with zero attached hydrogens (tertiary/aromatic N) is 1. The van der Waals surface area contributed by atoms with Gasteiger partial charge in [-0.2, -0.15) is 0 Å². The van der Waals surface area contributed by atoms with Crippen molar-refractivity contribution in [3.8, 4) is 0 Å². The van der Waals surface area contributed by atoms with Crippen molar-refractivity contribution in [2.45, 2.75) is 33.2 Å². The third kappa shape index (κ3) is 2.57. The summed E-state index contributed by atoms with van der Waals surface area (Å²) in [5.41, 5.74) is 1.77. The smallest absolute Gasteiger partial charge is 0.251 e. The van der Waals surface area contributed by atoms with Gasteiger partial charge in [0.05, 0.1) is 0 Å². The number of aromatic nitrogens is 1. The molecule has 1 aliphatic rings. The van der Waals surface area contributed by atoms with Gasteiger partial charge in [0.25, 0.3) is 5.91 Å². The molecular formula is C13H19N3O. The van der Waals surface area contributed by atoms with Crippen molar-refractivity contribution in [2.24, 2.45) is 5.41 Å². The second-order valence-electron chi connectivity index (χ2n) is 5.35. The van der Waals surface area contributed by atoms with Crippen LogP contribution in [0.2, 0.25) is 0 Å². The van der Waals surface area contributed by atoms with Gasteiger partial charge in [-0.1, -0.05) is 13.8 Å². The number of hydrogen-bond acceptors (Lipinski definition) is 3. The van der Waals surface area contributed by atoms with Gasteiger partial charge in [-0.15, -0.1) is 0 Å². The number of carbonyl (C=O) groups excluding carboxylic acids is 1. The van der Waals surface area contributed by atoms with Gasteiger partial charge in [-0.3, -0.25) is 4.79 Å². The van der Waals surface area contributed by atoms with Crippen LogP contribution in [0.5, 0.6) is 0 Å². The lowest BCUT2D eigenvalue weighted by Crippen LogP contribution is -2.28. The monoisotopic (exact) mass is 233 g/mol. The van der Waals surface area contributed by atoms with Crippen molar-refractivity contribution in [2.75, 3.05) is 12.4 Å². The maximum atomic E-state index is 12.0. The van der Waals surface area contributed by atoms with Crippen LogP contribution in [0.25, 0.3) is 0 Å². The largest absolute Gasteiger partial charge is 0.373 e. The zero-order chi connectivity index (χ0) is 12.6. The SMILES string of the molecule is CNc1cc(C(=O)NC2CC2(C)C)cc(C)n1. The topological polar surface area (TPSA) is 54.0 Å². The molecule has 17 heavy (non-hydrogen) atoms. The van der Waals surface area contributed by atoms with Crippen LogP contribution in [0.3, 0.4) is 0 Å². The number of carbonyl (C=O) groups is 1. The Balaban J connectivity index is 2.11. The van der Waals surface area contributed by atoms with Crippen molar-refractivity contribution in [3.63, 3.8) is 0 Å². The van der Waals surface area contributed by atoms with E-state index in [0.29, 0.717) is 11.6 Å². The minimum absolute atomic E-state index is 0.0115. The Morgan fingerprint density at radius 2 is 2.12 bits per heavy atom. The lowest BCUT2D eigenvalue weighted by atomic mass is 10.1. The molecule has 1 aliphatic carbocycles. The summed E-state index contributed by atoms with van der Waals surface area (Å²) in [6, 6.07) is 3.89. The molecule has 4 heteroatoms. The van der Waals surface area contributed by atoms with Gasteiger partial charge in [0, 0.05) is 24.3 Å². The van der Waals surface area contributed by atoms with Crippen molar-refractivity contribution in [1.82, 2.24) is 10.3 Å². The van der Waals surface area contributed by atoms with E-state index in [4.69, 9.17) is 0 Å². The molecule has 1 saturated carbocycles. The van der Waals surface area contributed by atoms with Gasteiger partial charge in [-0.05, 0) is 30.9 Å². The Kier molecular flexibility index (Phi) is 2.81. The van der Waals surface area contributed by atoms with Crippen LogP contribution in [0.4, 0.5) is 5.82 Å². The predicted octanol–water partition coefficient (Wildman–Crippen LogP) is 1.96. The quantitative estimate of drug-likeness (QED) is 0.839. The summed E-state index contributed by atoms with van der Waals surface area (Å²) >= 11 is 0. The summed E-state index contributed by atoms with van der Waals surface area (Å²) in [7, 11) is 1.80. The molecule has 0 bridgehead atoms. The molecule has 1 aromatic rings. The molecule has 4 nitrogen and oxygen atoms in total. The molecule has 1 heterocycles. The Hall–Kier alpha value is -1.58. The molecule has 2 N–H and O–H groups in total. The van der Waals surface area contributed by atoms with Gasteiger partial charge in [0.1, 0.15) is 5.82 Å². The Morgan fingerprint density at radius 3 is 2.65 bits per heavy atom. The molecule has 92 valence electrons. The standard InChI is InChI=1S/C13H19N3O/c1-8-5-9(6-11(14-4)15-8)12(17)16-10-7-13(10,2)3/h5-6,10H,7H2,1-4H3,(H,14,15)(H,16,17). The highest BCUT2D eigenvalue weighted by Crippen LogP contribution is 2.44. The average Bonchev–Trinajstić information content (AvgIpc) is 2.85. The molecule has 0 saturated heterocycles. The molecule has 2 rings (SSSR count). The van der Waals surface area contributed by atoms with Gasteiger partial charge in [-0.25, -0.2) is 4.98 Å². The molecule has 1 aromatic heterocycles. The first-order valence-electron chi connectivity index (χ1n) is 5.90. The van der Waals surface area contributed by atoms with E-state index in [0.717, 1.165) is 17.9 Å². The zero-order valence-electron chi connectivity index (χ0n) is 10.8. The first-order chi connectivity index (χ1) is 7.92. The lowest BCUT2D eigenvalue weighted by Gasteiger charge is -2.09. The summed E-state index contributed by atoms with van der Waals surface area (Å²) in [5.74, 6) is 0.716. The first kappa shape index (κ1) is 11.9. The Bertz CT molecular complexity index is 454. The number of rotatable bonds is 3. The van der Waals surface area contributed by atoms with Crippen molar-refractivity contribution in [1.29, 1.82) is 0 Å². The second-order valence-corrected chi connectivity index (χ2v) is 5.35. The number of anilines is 1. The molecule has 0 spiro atoms. The maximum Gasteiger partial charge on any atom is 0.251 e. The number of aryl methyl sites for hydroxylation is 1. The Morgan fingerprint density at radius 1 is 1.47 bits per heavy atom. The van der Waals surface area contributed by atoms with E-state index in [1.165, 1.54) is 0 Å². The van der Waals surface area contributed by atoms with Crippen molar-refractivity contribution >= 4 is 11.7 Å². The third-order valence-corrected chi connectivity index (χ3v) is 3.29. The van der Waals surface area contributed by atoms with E-state index < -0.39 is 0 Å². The second kappa shape index (κ2) is 4.02. The predicted molar refractivity (Wildman–Crippen MR) is 68.2 cm³/mol. The van der Waals surface area contributed by atoms with Crippen LogP contribution in [-0.2, 0) is 0 Å². The number of amides is 1. The fourth-order valence-electron chi connectivity index (χ4n) is 1.88. The molecule has 0 aromatic carbocycles. The van der Waals surface area contributed by atoms with Crippen LogP contribution in [-0.4, -0.2) is 24.0 Å². The van der Waals surface area contributed by atoms with E-state index in [-0.39, 0.29) is 11.3 Å². The van der Waals surface area contributed by atoms with Gasteiger partial charge < -0.3 is 10.6 Å². The van der Waals surface area contributed by atoms with Crippen LogP contribution < -0.4 is 10.6 Å². The average molecular weight is 233 g/mol. The molecular weight excluding hydrogens is 214 g/mol. The fraction of sp³-hybridized carbons (Fsp3) is 0.538. The summed E-state index contributed by atoms with van der Waals surface area (Å²) in [6.07, 6.45) is 1.06. The van der Waals surface area contributed by atoms with Crippen molar-refractivity contribution in [3.05, 3.63) is 23.4 Å². The van der Waals surface area contributed by atoms with Gasteiger partial charge >= 0.3 is 0 Å².